The minimum Gasteiger partial charge on any atom is -0.497 e. The summed E-state index contributed by atoms with van der Waals surface area (Å²) in [5, 5.41) is 11.7. The highest BCUT2D eigenvalue weighted by molar-refractivity contribution is 7.09. The molecule has 0 saturated carbocycles. The van der Waals surface area contributed by atoms with Crippen LogP contribution in [0.15, 0.2) is 29.6 Å². The summed E-state index contributed by atoms with van der Waals surface area (Å²) in [4.78, 5) is 29.7. The second-order valence-electron chi connectivity index (χ2n) is 6.06. The number of nitrogens with zero attached hydrogens (tertiary/aromatic N) is 2. The van der Waals surface area contributed by atoms with Crippen molar-refractivity contribution in [3.8, 4) is 5.75 Å². The lowest BCUT2D eigenvalue weighted by atomic mass is 9.97. The number of carboxylic acids is 1. The molecule has 1 aliphatic rings. The minimum absolute atomic E-state index is 0.110. The molecular formula is C18H20N2O4S. The molecule has 2 heterocycles. The van der Waals surface area contributed by atoms with Gasteiger partial charge in [-0.15, -0.1) is 11.3 Å². The highest BCUT2D eigenvalue weighted by Gasteiger charge is 2.28. The van der Waals surface area contributed by atoms with Gasteiger partial charge >= 0.3 is 5.97 Å². The molecule has 1 N–H and O–H groups in total. The number of hydrogen-bond acceptors (Lipinski definition) is 5. The first-order valence-electron chi connectivity index (χ1n) is 8.16. The summed E-state index contributed by atoms with van der Waals surface area (Å²) < 4.78 is 5.14. The Hall–Kier alpha value is -2.41. The molecule has 3 rings (SSSR count). The molecule has 0 bridgehead atoms. The molecule has 1 amide bonds. The van der Waals surface area contributed by atoms with Crippen LogP contribution in [0.4, 0.5) is 0 Å². The highest BCUT2D eigenvalue weighted by atomic mass is 32.1. The van der Waals surface area contributed by atoms with E-state index in [1.54, 1.807) is 17.4 Å². The minimum atomic E-state index is -0.775. The lowest BCUT2D eigenvalue weighted by Crippen LogP contribution is -2.40. The number of methoxy groups -OCH3 is 1. The van der Waals surface area contributed by atoms with E-state index in [0.717, 1.165) is 16.3 Å². The van der Waals surface area contributed by atoms with Gasteiger partial charge in [0.15, 0.2) is 0 Å². The maximum absolute atomic E-state index is 12.5. The first-order chi connectivity index (χ1) is 12.1. The zero-order valence-electron chi connectivity index (χ0n) is 14.0. The molecule has 0 atom stereocenters. The van der Waals surface area contributed by atoms with Gasteiger partial charge in [0.05, 0.1) is 18.0 Å². The van der Waals surface area contributed by atoms with E-state index in [1.165, 1.54) is 11.3 Å². The van der Waals surface area contributed by atoms with Crippen molar-refractivity contribution in [1.82, 2.24) is 9.88 Å². The van der Waals surface area contributed by atoms with Crippen molar-refractivity contribution in [2.24, 2.45) is 5.92 Å². The number of carbonyl (C=O) groups excluding carboxylic acids is 1. The van der Waals surface area contributed by atoms with Crippen molar-refractivity contribution in [3.05, 3.63) is 45.9 Å². The van der Waals surface area contributed by atoms with Crippen molar-refractivity contribution in [2.45, 2.75) is 19.3 Å². The fourth-order valence-corrected chi connectivity index (χ4v) is 3.70. The summed E-state index contributed by atoms with van der Waals surface area (Å²) in [6, 6.07) is 7.78. The number of likely N-dealkylation sites (tertiary alicyclic amines) is 1. The van der Waals surface area contributed by atoms with Crippen LogP contribution in [0, 0.1) is 5.92 Å². The van der Waals surface area contributed by atoms with E-state index >= 15 is 0 Å². The van der Waals surface area contributed by atoms with Crippen molar-refractivity contribution in [1.29, 1.82) is 0 Å². The quantitative estimate of drug-likeness (QED) is 0.887. The average molecular weight is 360 g/mol. The Morgan fingerprint density at radius 1 is 1.28 bits per heavy atom. The number of piperidine rings is 1. The predicted molar refractivity (Wildman–Crippen MR) is 94.2 cm³/mol. The third-order valence-corrected chi connectivity index (χ3v) is 5.27. The SMILES string of the molecule is COc1ccc(Cc2nc(C(=O)N3CCC(C(=O)O)CC3)cs2)cc1. The van der Waals surface area contributed by atoms with Crippen molar-refractivity contribution >= 4 is 23.2 Å². The monoisotopic (exact) mass is 360 g/mol. The molecule has 25 heavy (non-hydrogen) atoms. The van der Waals surface area contributed by atoms with E-state index in [1.807, 2.05) is 24.3 Å². The summed E-state index contributed by atoms with van der Waals surface area (Å²) in [6.07, 6.45) is 1.68. The third kappa shape index (κ3) is 4.17. The Labute approximate surface area is 150 Å². The highest BCUT2D eigenvalue weighted by Crippen LogP contribution is 2.21. The van der Waals surface area contributed by atoms with Gasteiger partial charge in [-0.1, -0.05) is 12.1 Å². The predicted octanol–water partition coefficient (Wildman–Crippen LogP) is 2.68. The van der Waals surface area contributed by atoms with Crippen LogP contribution >= 0.6 is 11.3 Å². The summed E-state index contributed by atoms with van der Waals surface area (Å²) in [7, 11) is 1.63. The molecule has 0 aliphatic carbocycles. The Balaban J connectivity index is 1.60. The fraction of sp³-hybridized carbons (Fsp3) is 0.389. The lowest BCUT2D eigenvalue weighted by molar-refractivity contribution is -0.143. The van der Waals surface area contributed by atoms with Crippen LogP contribution in [0.3, 0.4) is 0 Å². The Kier molecular flexibility index (Phi) is 5.33. The second-order valence-corrected chi connectivity index (χ2v) is 7.00. The van der Waals surface area contributed by atoms with Crippen LogP contribution in [0.25, 0.3) is 0 Å². The number of ether oxygens (including phenoxy) is 1. The van der Waals surface area contributed by atoms with Gasteiger partial charge in [-0.05, 0) is 30.5 Å². The fourth-order valence-electron chi connectivity index (χ4n) is 2.90. The largest absolute Gasteiger partial charge is 0.497 e. The zero-order chi connectivity index (χ0) is 17.8. The third-order valence-electron chi connectivity index (χ3n) is 4.42. The standard InChI is InChI=1S/C18H20N2O4S/c1-24-14-4-2-12(3-5-14)10-16-19-15(11-25-16)17(21)20-8-6-13(7-9-20)18(22)23/h2-5,11,13H,6-10H2,1H3,(H,22,23). The molecular weight excluding hydrogens is 340 g/mol. The number of aromatic nitrogens is 1. The Bertz CT molecular complexity index is 749. The topological polar surface area (TPSA) is 79.7 Å². The number of carbonyl (C=O) groups is 2. The molecule has 1 fully saturated rings. The van der Waals surface area contributed by atoms with E-state index in [-0.39, 0.29) is 11.8 Å². The molecule has 2 aromatic rings. The van der Waals surface area contributed by atoms with Gasteiger partial charge in [0.25, 0.3) is 5.91 Å². The molecule has 1 aromatic heterocycles. The molecule has 6 nitrogen and oxygen atoms in total. The molecule has 1 saturated heterocycles. The molecule has 132 valence electrons. The van der Waals surface area contributed by atoms with Gasteiger partial charge in [0, 0.05) is 24.9 Å². The molecule has 0 radical (unpaired) electrons. The maximum Gasteiger partial charge on any atom is 0.306 e. The van der Waals surface area contributed by atoms with Crippen LogP contribution in [0.1, 0.15) is 33.9 Å². The number of benzene rings is 1. The number of aliphatic carboxylic acids is 1. The second kappa shape index (κ2) is 7.65. The first kappa shape index (κ1) is 17.4. The number of amides is 1. The van der Waals surface area contributed by atoms with E-state index in [9.17, 15) is 9.59 Å². The van der Waals surface area contributed by atoms with Crippen LogP contribution in [0.2, 0.25) is 0 Å². The summed E-state index contributed by atoms with van der Waals surface area (Å²) in [5.41, 5.74) is 1.55. The van der Waals surface area contributed by atoms with Crippen LogP contribution in [-0.2, 0) is 11.2 Å². The van der Waals surface area contributed by atoms with Gasteiger partial charge in [0.2, 0.25) is 0 Å². The summed E-state index contributed by atoms with van der Waals surface area (Å²) >= 11 is 1.47. The average Bonchev–Trinajstić information content (AvgIpc) is 3.10. The van der Waals surface area contributed by atoms with E-state index < -0.39 is 5.97 Å². The smallest absolute Gasteiger partial charge is 0.306 e. The Morgan fingerprint density at radius 3 is 2.56 bits per heavy atom. The molecule has 1 aromatic carbocycles. The van der Waals surface area contributed by atoms with Crippen LogP contribution < -0.4 is 4.74 Å². The van der Waals surface area contributed by atoms with E-state index in [2.05, 4.69) is 4.98 Å². The Morgan fingerprint density at radius 2 is 1.96 bits per heavy atom. The molecule has 7 heteroatoms. The lowest BCUT2D eigenvalue weighted by Gasteiger charge is -2.29. The summed E-state index contributed by atoms with van der Waals surface area (Å²) in [5.74, 6) is -0.419. The van der Waals surface area contributed by atoms with Gasteiger partial charge < -0.3 is 14.7 Å². The van der Waals surface area contributed by atoms with Crippen molar-refractivity contribution in [3.63, 3.8) is 0 Å². The number of thiazole rings is 1. The maximum atomic E-state index is 12.5. The molecule has 0 spiro atoms. The number of hydrogen-bond donors (Lipinski definition) is 1. The molecule has 0 unspecified atom stereocenters. The van der Waals surface area contributed by atoms with Gasteiger partial charge in [0.1, 0.15) is 11.4 Å². The molecule has 1 aliphatic heterocycles. The van der Waals surface area contributed by atoms with E-state index in [4.69, 9.17) is 9.84 Å². The number of carboxylic acid groups (broad SMARTS) is 1. The first-order valence-corrected chi connectivity index (χ1v) is 9.04. The normalized spacial score (nSPS) is 15.2. The van der Waals surface area contributed by atoms with Crippen molar-refractivity contribution in [2.75, 3.05) is 20.2 Å². The zero-order valence-corrected chi connectivity index (χ0v) is 14.8. The van der Waals surface area contributed by atoms with Crippen LogP contribution in [-0.4, -0.2) is 47.1 Å². The van der Waals surface area contributed by atoms with E-state index in [0.29, 0.717) is 38.0 Å². The van der Waals surface area contributed by atoms with Gasteiger partial charge in [-0.3, -0.25) is 9.59 Å². The number of rotatable bonds is 5. The van der Waals surface area contributed by atoms with Gasteiger partial charge in [-0.2, -0.15) is 0 Å². The van der Waals surface area contributed by atoms with Crippen LogP contribution in [0.5, 0.6) is 5.75 Å². The summed E-state index contributed by atoms with van der Waals surface area (Å²) in [6.45, 7) is 0.947. The van der Waals surface area contributed by atoms with Gasteiger partial charge in [-0.25, -0.2) is 4.98 Å². The van der Waals surface area contributed by atoms with Crippen molar-refractivity contribution < 1.29 is 19.4 Å².